The molecule has 4 aromatic rings. The maximum atomic E-state index is 15.2. The van der Waals surface area contributed by atoms with Crippen LogP contribution in [0.1, 0.15) is 5.56 Å². The third-order valence-corrected chi connectivity index (χ3v) is 6.42. The van der Waals surface area contributed by atoms with Gasteiger partial charge in [0.25, 0.3) is 0 Å². The molecule has 0 amide bonds. The molecule has 0 fully saturated rings. The topological polar surface area (TPSA) is 84.9 Å². The number of H-pyrrole nitrogens is 1. The molecule has 0 aliphatic heterocycles. The molecule has 0 saturated carbocycles. The Morgan fingerprint density at radius 3 is 2.70 bits per heavy atom. The monoisotopic (exact) mass is 449 g/mol. The second kappa shape index (κ2) is 7.66. The van der Waals surface area contributed by atoms with Gasteiger partial charge in [-0.1, -0.05) is 29.8 Å². The Morgan fingerprint density at radius 1 is 1.13 bits per heavy atom. The Hall–Kier alpha value is -3.04. The van der Waals surface area contributed by atoms with Gasteiger partial charge in [-0.3, -0.25) is 5.10 Å². The van der Waals surface area contributed by atoms with Crippen LogP contribution in [0.15, 0.2) is 53.7 Å². The maximum Gasteiger partial charge on any atom is 0.232 e. The van der Waals surface area contributed by atoms with Crippen LogP contribution in [0.3, 0.4) is 0 Å². The normalized spacial score (nSPS) is 11.7. The molecule has 0 radical (unpaired) electrons. The van der Waals surface area contributed by atoms with Gasteiger partial charge in [-0.15, -0.1) is 0 Å². The molecule has 6 nitrogen and oxygen atoms in total. The third-order valence-electron chi connectivity index (χ3n) is 4.56. The lowest BCUT2D eigenvalue weighted by atomic mass is 10.0. The molecule has 154 valence electrons. The van der Waals surface area contributed by atoms with E-state index in [-0.39, 0.29) is 32.5 Å². The van der Waals surface area contributed by atoms with Crippen molar-refractivity contribution < 1.29 is 21.9 Å². The minimum atomic E-state index is -4.09. The SMILES string of the molecule is COc1ncc(Cl)cc1S(=O)(=O)Cc1ccc(F)c(-c2ccc3cn[nH]c3c2)c1F. The highest BCUT2D eigenvalue weighted by atomic mass is 35.5. The van der Waals surface area contributed by atoms with Gasteiger partial charge in [-0.2, -0.15) is 5.10 Å². The lowest BCUT2D eigenvalue weighted by molar-refractivity contribution is 0.385. The summed E-state index contributed by atoms with van der Waals surface area (Å²) in [7, 11) is -2.83. The number of nitrogens with zero attached hydrogens (tertiary/aromatic N) is 2. The number of fused-ring (bicyclic) bond motifs is 1. The van der Waals surface area contributed by atoms with Gasteiger partial charge in [-0.05, 0) is 23.8 Å². The summed E-state index contributed by atoms with van der Waals surface area (Å²) in [6.07, 6.45) is 2.82. The first kappa shape index (κ1) is 20.2. The zero-order valence-corrected chi connectivity index (χ0v) is 17.1. The molecule has 2 heterocycles. The van der Waals surface area contributed by atoms with Crippen LogP contribution in [0.2, 0.25) is 5.02 Å². The highest BCUT2D eigenvalue weighted by Gasteiger charge is 2.25. The number of hydrogen-bond donors (Lipinski definition) is 1. The second-order valence-corrected chi connectivity index (χ2v) is 8.88. The number of halogens is 3. The van der Waals surface area contributed by atoms with Crippen LogP contribution in [-0.2, 0) is 15.6 Å². The molecular formula is C20H14ClF2N3O3S. The van der Waals surface area contributed by atoms with Crippen molar-refractivity contribution >= 4 is 32.3 Å². The number of pyridine rings is 1. The number of hydrogen-bond acceptors (Lipinski definition) is 5. The van der Waals surface area contributed by atoms with Gasteiger partial charge in [0, 0.05) is 17.1 Å². The number of sulfone groups is 1. The summed E-state index contributed by atoms with van der Waals surface area (Å²) in [5.41, 5.74) is 0.329. The van der Waals surface area contributed by atoms with Crippen LogP contribution in [0.5, 0.6) is 5.88 Å². The summed E-state index contributed by atoms with van der Waals surface area (Å²) in [4.78, 5) is 3.56. The van der Waals surface area contributed by atoms with Gasteiger partial charge in [-0.25, -0.2) is 22.2 Å². The van der Waals surface area contributed by atoms with Gasteiger partial charge in [0.15, 0.2) is 9.84 Å². The molecule has 0 atom stereocenters. The highest BCUT2D eigenvalue weighted by molar-refractivity contribution is 7.90. The molecule has 0 aliphatic carbocycles. The summed E-state index contributed by atoms with van der Waals surface area (Å²) >= 11 is 5.86. The molecule has 10 heteroatoms. The molecule has 4 rings (SSSR count). The summed E-state index contributed by atoms with van der Waals surface area (Å²) in [5, 5.41) is 7.48. The molecule has 2 aromatic carbocycles. The number of benzene rings is 2. The van der Waals surface area contributed by atoms with Gasteiger partial charge in [0.2, 0.25) is 5.88 Å². The average Bonchev–Trinajstić information content (AvgIpc) is 3.18. The minimum Gasteiger partial charge on any atom is -0.480 e. The van der Waals surface area contributed by atoms with Crippen molar-refractivity contribution in [1.82, 2.24) is 15.2 Å². The van der Waals surface area contributed by atoms with Crippen LogP contribution in [0, 0.1) is 11.6 Å². The van der Waals surface area contributed by atoms with Crippen molar-refractivity contribution in [1.29, 1.82) is 0 Å². The number of aromatic nitrogens is 3. The van der Waals surface area contributed by atoms with Crippen molar-refractivity contribution in [3.8, 4) is 17.0 Å². The molecular weight excluding hydrogens is 436 g/mol. The summed E-state index contributed by atoms with van der Waals surface area (Å²) in [6.45, 7) is 0. The van der Waals surface area contributed by atoms with Gasteiger partial charge < -0.3 is 4.74 Å². The standard InChI is InChI=1S/C20H14ClF2N3O3S/c1-29-20-17(7-14(21)9-24-20)30(27,28)10-13-4-5-15(22)18(19(13)23)11-2-3-12-8-25-26-16(12)6-11/h2-9H,10H2,1H3,(H,25,26). The fourth-order valence-electron chi connectivity index (χ4n) is 3.13. The number of ether oxygens (including phenoxy) is 1. The largest absolute Gasteiger partial charge is 0.480 e. The Morgan fingerprint density at radius 2 is 1.93 bits per heavy atom. The molecule has 0 aliphatic rings. The Kier molecular flexibility index (Phi) is 5.17. The summed E-state index contributed by atoms with van der Waals surface area (Å²) in [6, 6.07) is 8.07. The first-order valence-electron chi connectivity index (χ1n) is 8.63. The Labute approximate surface area is 175 Å². The molecule has 1 N–H and O–H groups in total. The minimum absolute atomic E-state index is 0.0856. The fourth-order valence-corrected chi connectivity index (χ4v) is 4.85. The lowest BCUT2D eigenvalue weighted by Crippen LogP contribution is -2.10. The van der Waals surface area contributed by atoms with Crippen LogP contribution < -0.4 is 4.74 Å². The number of aromatic amines is 1. The molecule has 2 aromatic heterocycles. The highest BCUT2D eigenvalue weighted by Crippen LogP contribution is 2.33. The van der Waals surface area contributed by atoms with Gasteiger partial charge >= 0.3 is 0 Å². The van der Waals surface area contributed by atoms with E-state index in [1.807, 2.05) is 0 Å². The number of methoxy groups -OCH3 is 1. The second-order valence-electron chi connectivity index (χ2n) is 6.49. The number of nitrogens with one attached hydrogen (secondary N) is 1. The van der Waals surface area contributed by atoms with E-state index in [9.17, 15) is 12.8 Å². The quantitative estimate of drug-likeness (QED) is 0.483. The van der Waals surface area contributed by atoms with Crippen LogP contribution in [0.25, 0.3) is 22.0 Å². The Bertz CT molecular complexity index is 1370. The molecule has 0 unspecified atom stereocenters. The van der Waals surface area contributed by atoms with E-state index in [0.717, 1.165) is 17.5 Å². The zero-order valence-electron chi connectivity index (χ0n) is 15.5. The smallest absolute Gasteiger partial charge is 0.232 e. The van der Waals surface area contributed by atoms with Crippen molar-refractivity contribution in [2.45, 2.75) is 10.6 Å². The van der Waals surface area contributed by atoms with Gasteiger partial charge in [0.05, 0.1) is 35.2 Å². The summed E-state index contributed by atoms with van der Waals surface area (Å²) in [5.74, 6) is -2.66. The molecule has 0 bridgehead atoms. The fraction of sp³-hybridized carbons (Fsp3) is 0.100. The van der Waals surface area contributed by atoms with Crippen molar-refractivity contribution in [3.05, 3.63) is 71.0 Å². The van der Waals surface area contributed by atoms with Crippen molar-refractivity contribution in [2.75, 3.05) is 7.11 Å². The predicted octanol–water partition coefficient (Wildman–Crippen LogP) is 4.54. The summed E-state index contributed by atoms with van der Waals surface area (Å²) < 4.78 is 60.6. The van der Waals surface area contributed by atoms with Crippen LogP contribution in [-0.4, -0.2) is 30.7 Å². The molecule has 0 saturated heterocycles. The van der Waals surface area contributed by atoms with Crippen LogP contribution >= 0.6 is 11.6 Å². The predicted molar refractivity (Wildman–Crippen MR) is 108 cm³/mol. The maximum absolute atomic E-state index is 15.2. The van der Waals surface area contributed by atoms with Gasteiger partial charge in [0.1, 0.15) is 16.5 Å². The molecule has 0 spiro atoms. The number of rotatable bonds is 5. The van der Waals surface area contributed by atoms with E-state index in [4.69, 9.17) is 16.3 Å². The third kappa shape index (κ3) is 3.61. The van der Waals surface area contributed by atoms with E-state index in [1.54, 1.807) is 24.4 Å². The average molecular weight is 450 g/mol. The van der Waals surface area contributed by atoms with E-state index >= 15 is 4.39 Å². The van der Waals surface area contributed by atoms with Crippen molar-refractivity contribution in [2.24, 2.45) is 0 Å². The first-order valence-corrected chi connectivity index (χ1v) is 10.7. The van der Waals surface area contributed by atoms with E-state index in [1.165, 1.54) is 19.4 Å². The lowest BCUT2D eigenvalue weighted by Gasteiger charge is -2.12. The van der Waals surface area contributed by atoms with Crippen LogP contribution in [0.4, 0.5) is 8.78 Å². The zero-order chi connectivity index (χ0) is 21.5. The van der Waals surface area contributed by atoms with E-state index in [0.29, 0.717) is 5.52 Å². The Balaban J connectivity index is 1.79. The van der Waals surface area contributed by atoms with E-state index < -0.39 is 27.2 Å². The van der Waals surface area contributed by atoms with Crippen molar-refractivity contribution in [3.63, 3.8) is 0 Å². The van der Waals surface area contributed by atoms with E-state index in [2.05, 4.69) is 15.2 Å². The first-order chi connectivity index (χ1) is 14.3. The molecule has 30 heavy (non-hydrogen) atoms.